The van der Waals surface area contributed by atoms with Crippen molar-refractivity contribution in [1.29, 1.82) is 0 Å². The van der Waals surface area contributed by atoms with Crippen LogP contribution in [0.15, 0.2) is 18.2 Å². The first-order chi connectivity index (χ1) is 8.61. The lowest BCUT2D eigenvalue weighted by molar-refractivity contribution is 0.0693. The molecule has 0 bridgehead atoms. The van der Waals surface area contributed by atoms with Gasteiger partial charge in [-0.15, -0.1) is 0 Å². The van der Waals surface area contributed by atoms with E-state index in [4.69, 9.17) is 5.73 Å². The number of benzene rings is 1. The van der Waals surface area contributed by atoms with Crippen LogP contribution in [0.3, 0.4) is 0 Å². The van der Waals surface area contributed by atoms with Crippen LogP contribution in [0.2, 0.25) is 0 Å². The van der Waals surface area contributed by atoms with Gasteiger partial charge in [0, 0.05) is 18.7 Å². The van der Waals surface area contributed by atoms with E-state index in [-0.39, 0.29) is 11.7 Å². The highest BCUT2D eigenvalue weighted by Gasteiger charge is 2.22. The standard InChI is InChI=1S/C14H20N2O2/c1-10-8-12(2-3-13(10)17)14(18)16-6-4-11(9-15)5-7-16/h2-3,8,11,17H,4-7,9,15H2,1H3. The molecule has 3 N–H and O–H groups in total. The Kier molecular flexibility index (Phi) is 3.87. The molecule has 18 heavy (non-hydrogen) atoms. The van der Waals surface area contributed by atoms with E-state index in [9.17, 15) is 9.90 Å². The Hall–Kier alpha value is -1.55. The lowest BCUT2D eigenvalue weighted by Crippen LogP contribution is -2.40. The second kappa shape index (κ2) is 5.40. The number of nitrogens with two attached hydrogens (primary N) is 1. The number of rotatable bonds is 2. The largest absolute Gasteiger partial charge is 0.508 e. The summed E-state index contributed by atoms with van der Waals surface area (Å²) >= 11 is 0. The number of aromatic hydroxyl groups is 1. The van der Waals surface area contributed by atoms with Gasteiger partial charge in [0.2, 0.25) is 0 Å². The van der Waals surface area contributed by atoms with E-state index in [0.717, 1.165) is 31.5 Å². The van der Waals surface area contributed by atoms with Gasteiger partial charge in [-0.05, 0) is 56.0 Å². The smallest absolute Gasteiger partial charge is 0.253 e. The van der Waals surface area contributed by atoms with Crippen LogP contribution in [0.1, 0.15) is 28.8 Å². The summed E-state index contributed by atoms with van der Waals surface area (Å²) in [7, 11) is 0. The van der Waals surface area contributed by atoms with E-state index in [1.807, 2.05) is 4.90 Å². The normalized spacial score (nSPS) is 16.9. The third-order valence-corrected chi connectivity index (χ3v) is 3.68. The summed E-state index contributed by atoms with van der Waals surface area (Å²) in [6.45, 7) is 4.06. The van der Waals surface area contributed by atoms with Crippen LogP contribution >= 0.6 is 0 Å². The first kappa shape index (κ1) is 12.9. The van der Waals surface area contributed by atoms with Crippen molar-refractivity contribution in [2.45, 2.75) is 19.8 Å². The number of amides is 1. The molecule has 1 saturated heterocycles. The predicted octanol–water partition coefficient (Wildman–Crippen LogP) is 1.51. The number of phenolic OH excluding ortho intramolecular Hbond substituents is 1. The zero-order valence-corrected chi connectivity index (χ0v) is 10.7. The highest BCUT2D eigenvalue weighted by molar-refractivity contribution is 5.94. The Balaban J connectivity index is 2.05. The monoisotopic (exact) mass is 248 g/mol. The van der Waals surface area contributed by atoms with Crippen LogP contribution in [0.5, 0.6) is 5.75 Å². The van der Waals surface area contributed by atoms with Gasteiger partial charge in [-0.25, -0.2) is 0 Å². The number of aryl methyl sites for hydroxylation is 1. The minimum absolute atomic E-state index is 0.0496. The molecule has 1 amide bonds. The van der Waals surface area contributed by atoms with Crippen molar-refractivity contribution in [3.8, 4) is 5.75 Å². The number of carbonyl (C=O) groups is 1. The second-order valence-corrected chi connectivity index (χ2v) is 4.97. The summed E-state index contributed by atoms with van der Waals surface area (Å²) in [5.74, 6) is 0.831. The van der Waals surface area contributed by atoms with Crippen molar-refractivity contribution in [2.75, 3.05) is 19.6 Å². The lowest BCUT2D eigenvalue weighted by atomic mass is 9.96. The zero-order valence-electron chi connectivity index (χ0n) is 10.7. The van der Waals surface area contributed by atoms with Gasteiger partial charge in [-0.2, -0.15) is 0 Å². The van der Waals surface area contributed by atoms with Gasteiger partial charge in [-0.3, -0.25) is 4.79 Å². The van der Waals surface area contributed by atoms with Gasteiger partial charge in [-0.1, -0.05) is 0 Å². The molecule has 1 aromatic carbocycles. The van der Waals surface area contributed by atoms with E-state index in [1.165, 1.54) is 0 Å². The molecule has 0 spiro atoms. The van der Waals surface area contributed by atoms with E-state index < -0.39 is 0 Å². The summed E-state index contributed by atoms with van der Waals surface area (Å²) < 4.78 is 0. The molecular formula is C14H20N2O2. The maximum Gasteiger partial charge on any atom is 0.253 e. The highest BCUT2D eigenvalue weighted by Crippen LogP contribution is 2.21. The zero-order chi connectivity index (χ0) is 13.1. The number of carbonyl (C=O) groups excluding carboxylic acids is 1. The molecule has 0 aromatic heterocycles. The molecule has 1 fully saturated rings. The van der Waals surface area contributed by atoms with Gasteiger partial charge in [0.25, 0.3) is 5.91 Å². The molecule has 0 saturated carbocycles. The van der Waals surface area contributed by atoms with Crippen LogP contribution in [0.25, 0.3) is 0 Å². The Morgan fingerprint density at radius 2 is 2.11 bits per heavy atom. The van der Waals surface area contributed by atoms with Gasteiger partial charge < -0.3 is 15.7 Å². The molecule has 98 valence electrons. The van der Waals surface area contributed by atoms with Crippen molar-refractivity contribution in [2.24, 2.45) is 11.7 Å². The Morgan fingerprint density at radius 3 is 2.67 bits per heavy atom. The van der Waals surface area contributed by atoms with E-state index in [2.05, 4.69) is 0 Å². The third kappa shape index (κ3) is 2.64. The van der Waals surface area contributed by atoms with Crippen molar-refractivity contribution >= 4 is 5.91 Å². The summed E-state index contributed by atoms with van der Waals surface area (Å²) in [5, 5.41) is 9.46. The molecule has 4 heteroatoms. The Morgan fingerprint density at radius 1 is 1.44 bits per heavy atom. The van der Waals surface area contributed by atoms with E-state index in [0.29, 0.717) is 18.0 Å². The van der Waals surface area contributed by atoms with Crippen LogP contribution in [0, 0.1) is 12.8 Å². The first-order valence-corrected chi connectivity index (χ1v) is 6.40. The summed E-state index contributed by atoms with van der Waals surface area (Å²) in [6, 6.07) is 5.00. The summed E-state index contributed by atoms with van der Waals surface area (Å²) in [4.78, 5) is 14.1. The molecule has 1 aromatic rings. The van der Waals surface area contributed by atoms with Gasteiger partial charge >= 0.3 is 0 Å². The maximum atomic E-state index is 12.3. The van der Waals surface area contributed by atoms with E-state index in [1.54, 1.807) is 25.1 Å². The number of likely N-dealkylation sites (tertiary alicyclic amines) is 1. The molecule has 0 aliphatic carbocycles. The average Bonchev–Trinajstić information content (AvgIpc) is 2.41. The molecule has 1 heterocycles. The van der Waals surface area contributed by atoms with Crippen molar-refractivity contribution in [3.05, 3.63) is 29.3 Å². The van der Waals surface area contributed by atoms with Crippen LogP contribution in [-0.2, 0) is 0 Å². The SMILES string of the molecule is Cc1cc(C(=O)N2CCC(CN)CC2)ccc1O. The highest BCUT2D eigenvalue weighted by atomic mass is 16.3. The van der Waals surface area contributed by atoms with Crippen LogP contribution in [-0.4, -0.2) is 35.5 Å². The van der Waals surface area contributed by atoms with Gasteiger partial charge in [0.1, 0.15) is 5.75 Å². The number of phenols is 1. The summed E-state index contributed by atoms with van der Waals surface area (Å²) in [6.07, 6.45) is 1.97. The lowest BCUT2D eigenvalue weighted by Gasteiger charge is -2.31. The maximum absolute atomic E-state index is 12.3. The first-order valence-electron chi connectivity index (χ1n) is 6.40. The third-order valence-electron chi connectivity index (χ3n) is 3.68. The van der Waals surface area contributed by atoms with Crippen molar-refractivity contribution in [1.82, 2.24) is 4.90 Å². The molecule has 0 atom stereocenters. The molecule has 1 aliphatic heterocycles. The fraction of sp³-hybridized carbons (Fsp3) is 0.500. The molecule has 4 nitrogen and oxygen atoms in total. The Labute approximate surface area is 107 Å². The van der Waals surface area contributed by atoms with E-state index >= 15 is 0 Å². The fourth-order valence-electron chi connectivity index (χ4n) is 2.34. The number of piperidine rings is 1. The summed E-state index contributed by atoms with van der Waals surface area (Å²) in [5.41, 5.74) is 7.02. The van der Waals surface area contributed by atoms with Crippen LogP contribution < -0.4 is 5.73 Å². The quantitative estimate of drug-likeness (QED) is 0.833. The van der Waals surface area contributed by atoms with Crippen LogP contribution in [0.4, 0.5) is 0 Å². The molecule has 1 aliphatic rings. The average molecular weight is 248 g/mol. The molecule has 0 radical (unpaired) electrons. The second-order valence-electron chi connectivity index (χ2n) is 4.97. The Bertz CT molecular complexity index is 437. The van der Waals surface area contributed by atoms with Crippen molar-refractivity contribution < 1.29 is 9.90 Å². The number of hydrogen-bond donors (Lipinski definition) is 2. The van der Waals surface area contributed by atoms with Gasteiger partial charge in [0.05, 0.1) is 0 Å². The number of hydrogen-bond acceptors (Lipinski definition) is 3. The molecule has 0 unspecified atom stereocenters. The topological polar surface area (TPSA) is 66.6 Å². The minimum atomic E-state index is 0.0496. The van der Waals surface area contributed by atoms with Crippen molar-refractivity contribution in [3.63, 3.8) is 0 Å². The molecular weight excluding hydrogens is 228 g/mol. The minimum Gasteiger partial charge on any atom is -0.508 e. The fourth-order valence-corrected chi connectivity index (χ4v) is 2.34. The molecule has 2 rings (SSSR count). The predicted molar refractivity (Wildman–Crippen MR) is 70.5 cm³/mol. The van der Waals surface area contributed by atoms with Gasteiger partial charge in [0.15, 0.2) is 0 Å². The number of nitrogens with zero attached hydrogens (tertiary/aromatic N) is 1.